The summed E-state index contributed by atoms with van der Waals surface area (Å²) in [6.45, 7) is 5.02. The van der Waals surface area contributed by atoms with E-state index in [1.807, 2.05) is 60.7 Å². The zero-order chi connectivity index (χ0) is 26.8. The molecule has 0 radical (unpaired) electrons. The van der Waals surface area contributed by atoms with Crippen molar-refractivity contribution in [1.29, 1.82) is 0 Å². The Bertz CT molecular complexity index is 1690. The van der Waals surface area contributed by atoms with Crippen LogP contribution in [-0.2, 0) is 6.54 Å². The fraction of sp³-hybridized carbons (Fsp3) is 0.194. The Morgan fingerprint density at radius 3 is 2.41 bits per heavy atom. The van der Waals surface area contributed by atoms with Gasteiger partial charge in [0.25, 0.3) is 11.5 Å². The Morgan fingerprint density at radius 1 is 0.897 bits per heavy atom. The number of aromatic amines is 1. The van der Waals surface area contributed by atoms with E-state index in [4.69, 9.17) is 0 Å². The molecule has 0 spiro atoms. The smallest absolute Gasteiger partial charge is 0.257 e. The molecule has 0 aliphatic carbocycles. The lowest BCUT2D eigenvalue weighted by atomic mass is 10.0. The second-order valence-electron chi connectivity index (χ2n) is 10.0. The first kappa shape index (κ1) is 24.8. The summed E-state index contributed by atoms with van der Waals surface area (Å²) < 4.78 is 0. The summed E-state index contributed by atoms with van der Waals surface area (Å²) in [6, 6.07) is 24.7. The van der Waals surface area contributed by atoms with Gasteiger partial charge in [-0.25, -0.2) is 4.98 Å². The van der Waals surface area contributed by atoms with Crippen LogP contribution in [0.4, 0.5) is 17.1 Å². The Labute approximate surface area is 226 Å². The molecule has 1 amide bonds. The van der Waals surface area contributed by atoms with E-state index < -0.39 is 0 Å². The highest BCUT2D eigenvalue weighted by Crippen LogP contribution is 2.31. The lowest BCUT2D eigenvalue weighted by molar-refractivity contribution is 0.102. The minimum atomic E-state index is -0.153. The Balaban J connectivity index is 1.29. The highest BCUT2D eigenvalue weighted by atomic mass is 16.1. The van der Waals surface area contributed by atoms with Gasteiger partial charge in [0.2, 0.25) is 0 Å². The van der Waals surface area contributed by atoms with Crippen LogP contribution in [0.15, 0.2) is 89.9 Å². The molecule has 0 bridgehead atoms. The monoisotopic (exact) mass is 518 g/mol. The van der Waals surface area contributed by atoms with E-state index in [0.29, 0.717) is 22.3 Å². The molecule has 8 heteroatoms. The van der Waals surface area contributed by atoms with Gasteiger partial charge in [-0.15, -0.1) is 0 Å². The van der Waals surface area contributed by atoms with Gasteiger partial charge in [-0.2, -0.15) is 0 Å². The van der Waals surface area contributed by atoms with Gasteiger partial charge >= 0.3 is 0 Å². The molecule has 1 aliphatic rings. The van der Waals surface area contributed by atoms with E-state index in [2.05, 4.69) is 43.5 Å². The Hall–Kier alpha value is -4.53. The molecule has 196 valence electrons. The van der Waals surface area contributed by atoms with Gasteiger partial charge < -0.3 is 20.5 Å². The summed E-state index contributed by atoms with van der Waals surface area (Å²) in [5.74, 6) is -0.153. The second kappa shape index (κ2) is 10.7. The predicted molar refractivity (Wildman–Crippen MR) is 157 cm³/mol. The number of aromatic nitrogens is 2. The van der Waals surface area contributed by atoms with E-state index in [0.717, 1.165) is 54.9 Å². The summed E-state index contributed by atoms with van der Waals surface area (Å²) in [6.07, 6.45) is 1.69. The normalized spacial score (nSPS) is 14.5. The highest BCUT2D eigenvalue weighted by molar-refractivity contribution is 6.11. The van der Waals surface area contributed by atoms with E-state index >= 15 is 0 Å². The molecule has 3 aromatic carbocycles. The Morgan fingerprint density at radius 2 is 1.64 bits per heavy atom. The van der Waals surface area contributed by atoms with Gasteiger partial charge in [0.1, 0.15) is 5.65 Å². The lowest BCUT2D eigenvalue weighted by Crippen LogP contribution is -2.43. The maximum absolute atomic E-state index is 12.9. The molecular weight excluding hydrogens is 488 g/mol. The number of pyridine rings is 2. The zero-order valence-corrected chi connectivity index (χ0v) is 21.8. The molecule has 0 unspecified atom stereocenters. The molecule has 6 rings (SSSR count). The number of carbonyl (C=O) groups is 1. The van der Waals surface area contributed by atoms with Gasteiger partial charge in [0.05, 0.1) is 5.69 Å². The van der Waals surface area contributed by atoms with Crippen molar-refractivity contribution in [3.63, 3.8) is 0 Å². The lowest BCUT2D eigenvalue weighted by Gasteiger charge is -2.32. The number of H-pyrrole nitrogens is 1. The molecule has 39 heavy (non-hydrogen) atoms. The summed E-state index contributed by atoms with van der Waals surface area (Å²) in [4.78, 5) is 37.6. The van der Waals surface area contributed by atoms with Crippen molar-refractivity contribution in [2.24, 2.45) is 0 Å². The number of amides is 1. The second-order valence-corrected chi connectivity index (χ2v) is 10.0. The minimum absolute atomic E-state index is 0.146. The van der Waals surface area contributed by atoms with Crippen LogP contribution < -0.4 is 16.2 Å². The van der Waals surface area contributed by atoms with Gasteiger partial charge in [0.15, 0.2) is 0 Å². The van der Waals surface area contributed by atoms with Crippen molar-refractivity contribution < 1.29 is 4.79 Å². The molecule has 1 saturated heterocycles. The van der Waals surface area contributed by atoms with Crippen molar-refractivity contribution >= 4 is 44.8 Å². The van der Waals surface area contributed by atoms with Crippen LogP contribution >= 0.6 is 0 Å². The number of benzene rings is 3. The highest BCUT2D eigenvalue weighted by Gasteiger charge is 2.16. The summed E-state index contributed by atoms with van der Waals surface area (Å²) in [5.41, 5.74) is 4.58. The largest absolute Gasteiger partial charge is 0.355 e. The molecule has 0 saturated carbocycles. The molecular formula is C31H30N6O2. The van der Waals surface area contributed by atoms with Gasteiger partial charge in [-0.1, -0.05) is 24.3 Å². The van der Waals surface area contributed by atoms with Crippen molar-refractivity contribution in [2.45, 2.75) is 6.54 Å². The zero-order valence-electron chi connectivity index (χ0n) is 21.8. The third kappa shape index (κ3) is 5.38. The number of fused-ring (bicyclic) bond motifs is 3. The maximum atomic E-state index is 12.9. The number of likely N-dealkylation sites (N-methyl/N-ethyl adjacent to an activating group) is 1. The van der Waals surface area contributed by atoms with Crippen molar-refractivity contribution in [3.8, 4) is 0 Å². The first-order valence-electron chi connectivity index (χ1n) is 13.1. The fourth-order valence-corrected chi connectivity index (χ4v) is 5.05. The van der Waals surface area contributed by atoms with Crippen LogP contribution in [0.3, 0.4) is 0 Å². The van der Waals surface area contributed by atoms with E-state index in [-0.39, 0.29) is 11.5 Å². The molecule has 3 N–H and O–H groups in total. The Kier molecular flexibility index (Phi) is 6.79. The van der Waals surface area contributed by atoms with E-state index in [9.17, 15) is 9.59 Å². The van der Waals surface area contributed by atoms with Crippen molar-refractivity contribution in [2.75, 3.05) is 43.9 Å². The molecule has 3 heterocycles. The quantitative estimate of drug-likeness (QED) is 0.279. The van der Waals surface area contributed by atoms with Crippen LogP contribution in [0, 0.1) is 0 Å². The first-order chi connectivity index (χ1) is 19.0. The van der Waals surface area contributed by atoms with E-state index in [1.54, 1.807) is 18.3 Å². The van der Waals surface area contributed by atoms with Crippen LogP contribution in [0.2, 0.25) is 0 Å². The molecule has 5 aromatic rings. The van der Waals surface area contributed by atoms with Gasteiger partial charge in [0, 0.05) is 72.0 Å². The van der Waals surface area contributed by atoms with Crippen molar-refractivity contribution in [3.05, 3.63) is 107 Å². The first-order valence-corrected chi connectivity index (χ1v) is 13.1. The molecule has 1 aliphatic heterocycles. The number of rotatable bonds is 6. The number of hydrogen-bond donors (Lipinski definition) is 3. The summed E-state index contributed by atoms with van der Waals surface area (Å²) in [5, 5.41) is 8.80. The van der Waals surface area contributed by atoms with Crippen LogP contribution in [-0.4, -0.2) is 58.9 Å². The molecule has 8 nitrogen and oxygen atoms in total. The van der Waals surface area contributed by atoms with Crippen LogP contribution in [0.25, 0.3) is 21.8 Å². The van der Waals surface area contributed by atoms with Crippen LogP contribution in [0.5, 0.6) is 0 Å². The minimum Gasteiger partial charge on any atom is -0.355 e. The molecule has 2 aromatic heterocycles. The summed E-state index contributed by atoms with van der Waals surface area (Å²) in [7, 11) is 2.15. The van der Waals surface area contributed by atoms with E-state index in [1.165, 1.54) is 5.56 Å². The molecule has 1 fully saturated rings. The number of nitrogens with zero attached hydrogens (tertiary/aromatic N) is 3. The maximum Gasteiger partial charge on any atom is 0.257 e. The standard InChI is InChI=1S/C31H30N6O2/c1-36-15-17-37(18-16-36)20-21-7-12-25-26(19-21)28-27(13-14-32-29(28)35-31(25)39)33-23-8-10-24(11-9-23)34-30(38)22-5-3-2-4-6-22/h2-14,19H,15-18,20H2,1H3,(H,34,38)(H2,32,33,35,39). The van der Waals surface area contributed by atoms with Crippen molar-refractivity contribution in [1.82, 2.24) is 19.8 Å². The SMILES string of the molecule is CN1CCN(Cc2ccc3c(=O)[nH]c4nccc(Nc5ccc(NC(=O)c6ccccc6)cc5)c4c3c2)CC1. The van der Waals surface area contributed by atoms with Gasteiger partial charge in [-0.3, -0.25) is 14.5 Å². The third-order valence-corrected chi connectivity index (χ3v) is 7.24. The number of hydrogen-bond acceptors (Lipinski definition) is 6. The number of carbonyl (C=O) groups excluding carboxylic acids is 1. The fourth-order valence-electron chi connectivity index (χ4n) is 5.05. The van der Waals surface area contributed by atoms with Gasteiger partial charge in [-0.05, 0) is 67.2 Å². The third-order valence-electron chi connectivity index (χ3n) is 7.24. The number of nitrogens with one attached hydrogen (secondary N) is 3. The number of piperazine rings is 1. The molecule has 0 atom stereocenters. The average molecular weight is 519 g/mol. The van der Waals surface area contributed by atoms with Crippen LogP contribution in [0.1, 0.15) is 15.9 Å². The summed E-state index contributed by atoms with van der Waals surface area (Å²) >= 11 is 0. The predicted octanol–water partition coefficient (Wildman–Crippen LogP) is 4.82. The topological polar surface area (TPSA) is 93.4 Å². The average Bonchev–Trinajstić information content (AvgIpc) is 2.96. The number of anilines is 3.